The molecule has 72 valence electrons. The molecule has 2 unspecified atom stereocenters. The van der Waals surface area contributed by atoms with Crippen LogP contribution in [-0.2, 0) is 9.59 Å². The van der Waals surface area contributed by atoms with Crippen LogP contribution in [0.1, 0.15) is 26.2 Å². The van der Waals surface area contributed by atoms with E-state index in [0.29, 0.717) is 18.9 Å². The number of carbonyl (C=O) groups is 2. The Labute approximate surface area is 78.1 Å². The number of rotatable bonds is 3. The molecule has 2 atom stereocenters. The third-order valence-corrected chi connectivity index (χ3v) is 3.18. The summed E-state index contributed by atoms with van der Waals surface area (Å²) in [7, 11) is 0. The molecule has 1 saturated heterocycles. The Morgan fingerprint density at radius 3 is 2.62 bits per heavy atom. The first-order chi connectivity index (χ1) is 6.22. The molecule has 0 aromatic rings. The predicted molar refractivity (Wildman–Crippen MR) is 48.1 cm³/mol. The molecule has 0 bridgehead atoms. The molecule has 0 spiro atoms. The molecule has 2 aliphatic rings. The van der Waals surface area contributed by atoms with E-state index in [1.807, 2.05) is 0 Å². The third kappa shape index (κ3) is 1.60. The van der Waals surface area contributed by atoms with Crippen molar-refractivity contribution in [2.75, 3.05) is 13.1 Å². The van der Waals surface area contributed by atoms with Crippen molar-refractivity contribution < 1.29 is 9.59 Å². The summed E-state index contributed by atoms with van der Waals surface area (Å²) in [6.45, 7) is 3.66. The highest BCUT2D eigenvalue weighted by Crippen LogP contribution is 2.41. The highest BCUT2D eigenvalue weighted by Gasteiger charge is 2.39. The molecule has 1 saturated carbocycles. The van der Waals surface area contributed by atoms with Crippen LogP contribution in [0.15, 0.2) is 0 Å². The molecule has 3 nitrogen and oxygen atoms in total. The van der Waals surface area contributed by atoms with Crippen molar-refractivity contribution >= 4 is 11.7 Å². The van der Waals surface area contributed by atoms with Crippen LogP contribution in [0.3, 0.4) is 0 Å². The maximum Gasteiger partial charge on any atom is 0.290 e. The molecule has 0 N–H and O–H groups in total. The fourth-order valence-corrected chi connectivity index (χ4v) is 2.11. The van der Waals surface area contributed by atoms with E-state index in [4.69, 9.17) is 0 Å². The van der Waals surface area contributed by atoms with Crippen LogP contribution in [0.5, 0.6) is 0 Å². The van der Waals surface area contributed by atoms with E-state index in [1.54, 1.807) is 4.90 Å². The summed E-state index contributed by atoms with van der Waals surface area (Å²) in [6.07, 6.45) is 2.89. The number of carbonyl (C=O) groups excluding carboxylic acids is 2. The molecule has 0 aromatic carbocycles. The van der Waals surface area contributed by atoms with Gasteiger partial charge >= 0.3 is 0 Å². The van der Waals surface area contributed by atoms with Gasteiger partial charge < -0.3 is 4.90 Å². The summed E-state index contributed by atoms with van der Waals surface area (Å²) >= 11 is 0. The maximum atomic E-state index is 11.2. The van der Waals surface area contributed by atoms with Gasteiger partial charge in [-0.2, -0.15) is 0 Å². The van der Waals surface area contributed by atoms with E-state index >= 15 is 0 Å². The molecule has 2 fully saturated rings. The van der Waals surface area contributed by atoms with Gasteiger partial charge in [0, 0.05) is 19.5 Å². The second-order valence-corrected chi connectivity index (χ2v) is 4.09. The van der Waals surface area contributed by atoms with Gasteiger partial charge in [0.05, 0.1) is 0 Å². The molecule has 1 aliphatic carbocycles. The fraction of sp³-hybridized carbons (Fsp3) is 0.800. The van der Waals surface area contributed by atoms with Gasteiger partial charge in [-0.15, -0.1) is 0 Å². The Morgan fingerprint density at radius 2 is 2.15 bits per heavy atom. The maximum absolute atomic E-state index is 11.2. The largest absolute Gasteiger partial charge is 0.335 e. The number of nitrogens with zero attached hydrogens (tertiary/aromatic N) is 1. The van der Waals surface area contributed by atoms with Gasteiger partial charge in [-0.3, -0.25) is 9.59 Å². The smallest absolute Gasteiger partial charge is 0.290 e. The minimum atomic E-state index is -0.248. The molecule has 0 radical (unpaired) electrons. The van der Waals surface area contributed by atoms with Crippen molar-refractivity contribution in [1.82, 2.24) is 4.90 Å². The van der Waals surface area contributed by atoms with Crippen LogP contribution in [-0.4, -0.2) is 29.7 Å². The quantitative estimate of drug-likeness (QED) is 0.605. The summed E-state index contributed by atoms with van der Waals surface area (Å²) in [5, 5.41) is 0. The minimum absolute atomic E-state index is 0.200. The van der Waals surface area contributed by atoms with Crippen LogP contribution in [0.2, 0.25) is 0 Å². The van der Waals surface area contributed by atoms with Gasteiger partial charge in [-0.25, -0.2) is 0 Å². The summed E-state index contributed by atoms with van der Waals surface area (Å²) < 4.78 is 0. The molecule has 2 rings (SSSR count). The molecule has 3 heteroatoms. The van der Waals surface area contributed by atoms with Gasteiger partial charge in [0.25, 0.3) is 5.91 Å². The van der Waals surface area contributed by atoms with E-state index < -0.39 is 0 Å². The lowest BCUT2D eigenvalue weighted by Gasteiger charge is -2.13. The molecular weight excluding hydrogens is 166 g/mol. The lowest BCUT2D eigenvalue weighted by molar-refractivity contribution is -0.140. The summed E-state index contributed by atoms with van der Waals surface area (Å²) in [4.78, 5) is 23.9. The van der Waals surface area contributed by atoms with E-state index in [-0.39, 0.29) is 11.7 Å². The van der Waals surface area contributed by atoms with E-state index in [2.05, 4.69) is 6.92 Å². The Hall–Kier alpha value is -0.860. The first-order valence-electron chi connectivity index (χ1n) is 5.04. The van der Waals surface area contributed by atoms with Gasteiger partial charge in [0.2, 0.25) is 5.78 Å². The fourth-order valence-electron chi connectivity index (χ4n) is 2.11. The third-order valence-electron chi connectivity index (χ3n) is 3.18. The monoisotopic (exact) mass is 181 g/mol. The number of ketones is 1. The zero-order chi connectivity index (χ0) is 9.42. The highest BCUT2D eigenvalue weighted by molar-refractivity contribution is 6.37. The van der Waals surface area contributed by atoms with Gasteiger partial charge in [0.15, 0.2) is 0 Å². The Balaban J connectivity index is 1.83. The van der Waals surface area contributed by atoms with Crippen LogP contribution < -0.4 is 0 Å². The second-order valence-electron chi connectivity index (χ2n) is 4.09. The molecule has 1 amide bonds. The summed E-state index contributed by atoms with van der Waals surface area (Å²) in [5.41, 5.74) is 0. The van der Waals surface area contributed by atoms with Crippen molar-refractivity contribution in [1.29, 1.82) is 0 Å². The average Bonchev–Trinajstić information content (AvgIpc) is 2.81. The van der Waals surface area contributed by atoms with Crippen LogP contribution in [0.25, 0.3) is 0 Å². The molecular formula is C10H15NO2. The molecule has 1 heterocycles. The van der Waals surface area contributed by atoms with Crippen LogP contribution in [0, 0.1) is 11.8 Å². The molecule has 1 aliphatic heterocycles. The Bertz CT molecular complexity index is 249. The van der Waals surface area contributed by atoms with Crippen LogP contribution in [0.4, 0.5) is 0 Å². The number of hydrogen-bond acceptors (Lipinski definition) is 2. The van der Waals surface area contributed by atoms with Gasteiger partial charge in [0.1, 0.15) is 0 Å². The standard InChI is InChI=1S/C10H15NO2/c1-2-7-5-8(7)6-11-4-3-9(12)10(11)13/h7-8H,2-6H2,1H3. The number of amides is 1. The van der Waals surface area contributed by atoms with E-state index in [0.717, 1.165) is 12.5 Å². The van der Waals surface area contributed by atoms with Crippen LogP contribution >= 0.6 is 0 Å². The number of Topliss-reactive ketones (excluding diaryl/α,β-unsaturated/α-hetero) is 1. The highest BCUT2D eigenvalue weighted by atomic mass is 16.2. The van der Waals surface area contributed by atoms with E-state index in [1.165, 1.54) is 12.8 Å². The Kier molecular flexibility index (Phi) is 2.10. The predicted octanol–water partition coefficient (Wildman–Crippen LogP) is 0.834. The van der Waals surface area contributed by atoms with E-state index in [9.17, 15) is 9.59 Å². The zero-order valence-corrected chi connectivity index (χ0v) is 7.95. The number of likely N-dealkylation sites (tertiary alicyclic amines) is 1. The van der Waals surface area contributed by atoms with Crippen molar-refractivity contribution in [3.63, 3.8) is 0 Å². The first kappa shape index (κ1) is 8.73. The molecule has 0 aromatic heterocycles. The average molecular weight is 181 g/mol. The summed E-state index contributed by atoms with van der Waals surface area (Å²) in [5.74, 6) is 1.04. The number of hydrogen-bond donors (Lipinski definition) is 0. The van der Waals surface area contributed by atoms with Crippen molar-refractivity contribution in [3.8, 4) is 0 Å². The van der Waals surface area contributed by atoms with Crippen molar-refractivity contribution in [2.24, 2.45) is 11.8 Å². The normalized spacial score (nSPS) is 32.8. The zero-order valence-electron chi connectivity index (χ0n) is 7.95. The first-order valence-corrected chi connectivity index (χ1v) is 5.04. The van der Waals surface area contributed by atoms with Crippen molar-refractivity contribution in [2.45, 2.75) is 26.2 Å². The Morgan fingerprint density at radius 1 is 1.38 bits per heavy atom. The lowest BCUT2D eigenvalue weighted by Crippen LogP contribution is -2.29. The topological polar surface area (TPSA) is 37.4 Å². The second kappa shape index (κ2) is 3.13. The SMILES string of the molecule is CCC1CC1CN1CCC(=O)C1=O. The van der Waals surface area contributed by atoms with Crippen molar-refractivity contribution in [3.05, 3.63) is 0 Å². The van der Waals surface area contributed by atoms with Gasteiger partial charge in [-0.05, 0) is 18.3 Å². The lowest BCUT2D eigenvalue weighted by atomic mass is 10.2. The summed E-state index contributed by atoms with van der Waals surface area (Å²) in [6, 6.07) is 0. The van der Waals surface area contributed by atoms with Gasteiger partial charge in [-0.1, -0.05) is 13.3 Å². The molecule has 13 heavy (non-hydrogen) atoms. The minimum Gasteiger partial charge on any atom is -0.335 e.